The number of hydrogen-bond donors (Lipinski definition) is 2. The minimum Gasteiger partial charge on any atom is -0.341 e. The van der Waals surface area contributed by atoms with Crippen molar-refractivity contribution >= 4 is 17.6 Å². The molecule has 0 unspecified atom stereocenters. The molecular formula is C15H23N3O2. The summed E-state index contributed by atoms with van der Waals surface area (Å²) in [7, 11) is 3.22. The molecule has 0 saturated carbocycles. The van der Waals surface area contributed by atoms with Gasteiger partial charge in [-0.1, -0.05) is 25.5 Å². The molecule has 3 amide bonds. The topological polar surface area (TPSA) is 61.4 Å². The summed E-state index contributed by atoms with van der Waals surface area (Å²) in [6.07, 6.45) is 3.40. The molecule has 20 heavy (non-hydrogen) atoms. The van der Waals surface area contributed by atoms with Gasteiger partial charge in [-0.2, -0.15) is 0 Å². The fraction of sp³-hybridized carbons (Fsp3) is 0.467. The Bertz CT molecular complexity index is 443. The Kier molecular flexibility index (Phi) is 6.56. The molecule has 5 nitrogen and oxygen atoms in total. The zero-order valence-electron chi connectivity index (χ0n) is 12.4. The molecule has 0 aromatic heterocycles. The molecule has 0 saturated heterocycles. The van der Waals surface area contributed by atoms with Crippen molar-refractivity contribution in [3.8, 4) is 0 Å². The van der Waals surface area contributed by atoms with Crippen molar-refractivity contribution in [3.05, 3.63) is 29.8 Å². The van der Waals surface area contributed by atoms with E-state index in [1.54, 1.807) is 11.9 Å². The standard InChI is InChI=1S/C15H23N3O2/c1-4-5-6-12-7-9-13(10-8-12)18(3)14(19)11-17-15(20)16-2/h7-10H,4-6,11H2,1-3H3,(H2,16,17,20). The third-order valence-corrected chi connectivity index (χ3v) is 3.14. The van der Waals surface area contributed by atoms with Gasteiger partial charge in [-0.25, -0.2) is 4.79 Å². The second-order valence-electron chi connectivity index (χ2n) is 4.66. The highest BCUT2D eigenvalue weighted by molar-refractivity contribution is 5.96. The number of unbranched alkanes of at least 4 members (excludes halogenated alkanes) is 1. The SMILES string of the molecule is CCCCc1ccc(N(C)C(=O)CNC(=O)NC)cc1. The highest BCUT2D eigenvalue weighted by Crippen LogP contribution is 2.15. The molecule has 0 spiro atoms. The highest BCUT2D eigenvalue weighted by atomic mass is 16.2. The summed E-state index contributed by atoms with van der Waals surface area (Å²) in [6.45, 7) is 2.15. The normalized spacial score (nSPS) is 9.95. The zero-order valence-corrected chi connectivity index (χ0v) is 12.4. The van der Waals surface area contributed by atoms with Crippen LogP contribution in [0.15, 0.2) is 24.3 Å². The highest BCUT2D eigenvalue weighted by Gasteiger charge is 2.11. The van der Waals surface area contributed by atoms with Crippen molar-refractivity contribution < 1.29 is 9.59 Å². The van der Waals surface area contributed by atoms with Gasteiger partial charge < -0.3 is 15.5 Å². The number of nitrogens with zero attached hydrogens (tertiary/aromatic N) is 1. The number of hydrogen-bond acceptors (Lipinski definition) is 2. The Labute approximate surface area is 120 Å². The van der Waals surface area contributed by atoms with Crippen LogP contribution in [0, 0.1) is 0 Å². The average molecular weight is 277 g/mol. The molecule has 1 rings (SSSR count). The summed E-state index contributed by atoms with van der Waals surface area (Å²) in [5.74, 6) is -0.157. The van der Waals surface area contributed by atoms with Gasteiger partial charge in [0.05, 0.1) is 6.54 Å². The molecule has 0 heterocycles. The van der Waals surface area contributed by atoms with Crippen molar-refractivity contribution in [3.63, 3.8) is 0 Å². The first-order valence-corrected chi connectivity index (χ1v) is 6.89. The van der Waals surface area contributed by atoms with E-state index in [1.807, 2.05) is 24.3 Å². The van der Waals surface area contributed by atoms with Gasteiger partial charge in [0.15, 0.2) is 0 Å². The van der Waals surface area contributed by atoms with Gasteiger partial charge in [0.25, 0.3) is 0 Å². The maximum atomic E-state index is 11.9. The first-order chi connectivity index (χ1) is 9.58. The zero-order chi connectivity index (χ0) is 15.0. The van der Waals surface area contributed by atoms with Crippen molar-refractivity contribution in [1.29, 1.82) is 0 Å². The molecule has 0 radical (unpaired) electrons. The fourth-order valence-corrected chi connectivity index (χ4v) is 1.77. The van der Waals surface area contributed by atoms with Gasteiger partial charge in [-0.3, -0.25) is 4.79 Å². The molecule has 0 bridgehead atoms. The van der Waals surface area contributed by atoms with Gasteiger partial charge in [-0.05, 0) is 30.5 Å². The summed E-state index contributed by atoms with van der Waals surface area (Å²) in [5.41, 5.74) is 2.11. The third-order valence-electron chi connectivity index (χ3n) is 3.14. The van der Waals surface area contributed by atoms with Gasteiger partial charge in [0, 0.05) is 19.8 Å². The molecular weight excluding hydrogens is 254 g/mol. The number of rotatable bonds is 6. The van der Waals surface area contributed by atoms with E-state index in [0.29, 0.717) is 0 Å². The van der Waals surface area contributed by atoms with Crippen LogP contribution in [-0.2, 0) is 11.2 Å². The second kappa shape index (κ2) is 8.19. The molecule has 110 valence electrons. The predicted molar refractivity (Wildman–Crippen MR) is 80.9 cm³/mol. The number of anilines is 1. The third kappa shape index (κ3) is 4.91. The fourth-order valence-electron chi connectivity index (χ4n) is 1.77. The van der Waals surface area contributed by atoms with Gasteiger partial charge in [-0.15, -0.1) is 0 Å². The number of amides is 3. The van der Waals surface area contributed by atoms with E-state index in [0.717, 1.165) is 12.1 Å². The van der Waals surface area contributed by atoms with E-state index in [2.05, 4.69) is 17.6 Å². The number of benzene rings is 1. The summed E-state index contributed by atoms with van der Waals surface area (Å²) >= 11 is 0. The Hall–Kier alpha value is -2.04. The lowest BCUT2D eigenvalue weighted by molar-refractivity contribution is -0.117. The van der Waals surface area contributed by atoms with Crippen molar-refractivity contribution in [2.24, 2.45) is 0 Å². The lowest BCUT2D eigenvalue weighted by atomic mass is 10.1. The van der Waals surface area contributed by atoms with E-state index in [9.17, 15) is 9.59 Å². The van der Waals surface area contributed by atoms with Crippen LogP contribution in [0.5, 0.6) is 0 Å². The minimum atomic E-state index is -0.360. The lowest BCUT2D eigenvalue weighted by Crippen LogP contribution is -2.41. The number of carbonyl (C=O) groups is 2. The van der Waals surface area contributed by atoms with Crippen molar-refractivity contribution in [2.45, 2.75) is 26.2 Å². The van der Waals surface area contributed by atoms with Crippen LogP contribution in [-0.4, -0.2) is 32.6 Å². The van der Waals surface area contributed by atoms with Crippen molar-refractivity contribution in [2.75, 3.05) is 25.5 Å². The lowest BCUT2D eigenvalue weighted by Gasteiger charge is -2.18. The molecule has 0 aliphatic heterocycles. The number of aryl methyl sites for hydroxylation is 1. The molecule has 0 atom stereocenters. The number of likely N-dealkylation sites (N-methyl/N-ethyl adjacent to an activating group) is 1. The molecule has 1 aromatic rings. The van der Waals surface area contributed by atoms with E-state index in [-0.39, 0.29) is 18.5 Å². The minimum absolute atomic E-state index is 0.0201. The molecule has 2 N–H and O–H groups in total. The van der Waals surface area contributed by atoms with Crippen LogP contribution in [0.4, 0.5) is 10.5 Å². The van der Waals surface area contributed by atoms with Crippen LogP contribution in [0.1, 0.15) is 25.3 Å². The summed E-state index contributed by atoms with van der Waals surface area (Å²) < 4.78 is 0. The monoisotopic (exact) mass is 277 g/mol. The summed E-state index contributed by atoms with van der Waals surface area (Å²) in [6, 6.07) is 7.59. The Morgan fingerprint density at radius 1 is 1.20 bits per heavy atom. The van der Waals surface area contributed by atoms with Gasteiger partial charge in [0.2, 0.25) is 5.91 Å². The second-order valence-corrected chi connectivity index (χ2v) is 4.66. The van der Waals surface area contributed by atoms with Gasteiger partial charge in [0.1, 0.15) is 0 Å². The average Bonchev–Trinajstić information content (AvgIpc) is 2.49. The van der Waals surface area contributed by atoms with E-state index >= 15 is 0 Å². The molecule has 0 aliphatic rings. The summed E-state index contributed by atoms with van der Waals surface area (Å²) in [4.78, 5) is 24.5. The van der Waals surface area contributed by atoms with Crippen LogP contribution < -0.4 is 15.5 Å². The number of carbonyl (C=O) groups excluding carboxylic acids is 2. The van der Waals surface area contributed by atoms with Crippen LogP contribution in [0.3, 0.4) is 0 Å². The molecule has 1 aromatic carbocycles. The largest absolute Gasteiger partial charge is 0.341 e. The van der Waals surface area contributed by atoms with Gasteiger partial charge >= 0.3 is 6.03 Å². The number of urea groups is 1. The van der Waals surface area contributed by atoms with Crippen LogP contribution in [0.2, 0.25) is 0 Å². The maximum Gasteiger partial charge on any atom is 0.314 e. The molecule has 5 heteroatoms. The Morgan fingerprint density at radius 3 is 2.40 bits per heavy atom. The smallest absolute Gasteiger partial charge is 0.314 e. The van der Waals surface area contributed by atoms with Crippen LogP contribution in [0.25, 0.3) is 0 Å². The molecule has 0 fully saturated rings. The molecule has 0 aliphatic carbocycles. The first-order valence-electron chi connectivity index (χ1n) is 6.89. The predicted octanol–water partition coefficient (Wildman–Crippen LogP) is 1.92. The van der Waals surface area contributed by atoms with Crippen LogP contribution >= 0.6 is 0 Å². The quantitative estimate of drug-likeness (QED) is 0.834. The van der Waals surface area contributed by atoms with E-state index < -0.39 is 0 Å². The Morgan fingerprint density at radius 2 is 1.85 bits per heavy atom. The number of nitrogens with one attached hydrogen (secondary N) is 2. The first kappa shape index (κ1) is 16.0. The maximum absolute atomic E-state index is 11.9. The summed E-state index contributed by atoms with van der Waals surface area (Å²) in [5, 5.41) is 4.89. The van der Waals surface area contributed by atoms with E-state index in [4.69, 9.17) is 0 Å². The van der Waals surface area contributed by atoms with Crippen molar-refractivity contribution in [1.82, 2.24) is 10.6 Å². The Balaban J connectivity index is 2.55. The van der Waals surface area contributed by atoms with E-state index in [1.165, 1.54) is 25.5 Å².